The summed E-state index contributed by atoms with van der Waals surface area (Å²) < 4.78 is 5.29. The maximum Gasteiger partial charge on any atom is 0.181 e. The summed E-state index contributed by atoms with van der Waals surface area (Å²) in [5, 5.41) is 6.31. The molecule has 0 saturated carbocycles. The molecule has 0 unspecified atom stereocenters. The second kappa shape index (κ2) is 5.66. The fourth-order valence-electron chi connectivity index (χ4n) is 1.94. The lowest BCUT2D eigenvalue weighted by Crippen LogP contribution is -2.10. The van der Waals surface area contributed by atoms with Crippen molar-refractivity contribution >= 4 is 16.9 Å². The zero-order valence-corrected chi connectivity index (χ0v) is 11.1. The molecule has 1 aromatic carbocycles. The molecule has 0 amide bonds. The van der Waals surface area contributed by atoms with Crippen LogP contribution in [0.5, 0.6) is 0 Å². The molecule has 0 atom stereocenters. The van der Waals surface area contributed by atoms with Gasteiger partial charge in [-0.25, -0.2) is 15.0 Å². The number of nitrogens with zero attached hydrogens (tertiary/aromatic N) is 3. The Labute approximate surface area is 116 Å². The Kier molecular flexibility index (Phi) is 3.56. The Bertz CT molecular complexity index is 709. The summed E-state index contributed by atoms with van der Waals surface area (Å²) in [6.07, 6.45) is 3.21. The summed E-state index contributed by atoms with van der Waals surface area (Å²) in [7, 11) is 1.87. The van der Waals surface area contributed by atoms with Gasteiger partial charge in [0.05, 0.1) is 6.54 Å². The lowest BCUT2D eigenvalue weighted by molar-refractivity contribution is 0.602. The fourth-order valence-corrected chi connectivity index (χ4v) is 1.94. The zero-order valence-electron chi connectivity index (χ0n) is 11.1. The normalized spacial score (nSPS) is 10.8. The number of nitrogens with one attached hydrogen (secondary N) is 2. The minimum absolute atomic E-state index is 0.652. The molecule has 6 heteroatoms. The lowest BCUT2D eigenvalue weighted by Gasteiger charge is -2.07. The number of fused-ring (bicyclic) bond motifs is 1. The predicted octanol–water partition coefficient (Wildman–Crippen LogP) is 1.95. The van der Waals surface area contributed by atoms with E-state index in [1.807, 2.05) is 31.3 Å². The molecule has 2 heterocycles. The first-order valence-electron chi connectivity index (χ1n) is 6.37. The maximum absolute atomic E-state index is 5.29. The molecular weight excluding hydrogens is 254 g/mol. The fraction of sp³-hybridized carbons (Fsp3) is 0.214. The third-order valence-corrected chi connectivity index (χ3v) is 2.91. The highest BCUT2D eigenvalue weighted by Gasteiger charge is 2.02. The van der Waals surface area contributed by atoms with Crippen LogP contribution in [0.1, 0.15) is 11.4 Å². The SMILES string of the molecule is CNCc1nccc(NCc2ccc3ncoc3c2)n1. The van der Waals surface area contributed by atoms with Gasteiger partial charge in [0.15, 0.2) is 12.0 Å². The molecule has 20 heavy (non-hydrogen) atoms. The molecule has 0 fully saturated rings. The summed E-state index contributed by atoms with van der Waals surface area (Å²) >= 11 is 0. The van der Waals surface area contributed by atoms with Crippen LogP contribution in [0.3, 0.4) is 0 Å². The van der Waals surface area contributed by atoms with Crippen LogP contribution in [-0.2, 0) is 13.1 Å². The highest BCUT2D eigenvalue weighted by molar-refractivity contribution is 5.72. The van der Waals surface area contributed by atoms with Crippen LogP contribution in [0, 0.1) is 0 Å². The number of aromatic nitrogens is 3. The Morgan fingerprint density at radius 2 is 2.10 bits per heavy atom. The van der Waals surface area contributed by atoms with Crippen LogP contribution < -0.4 is 10.6 Å². The second-order valence-electron chi connectivity index (χ2n) is 4.40. The van der Waals surface area contributed by atoms with Gasteiger partial charge in [0.1, 0.15) is 17.2 Å². The first kappa shape index (κ1) is 12.6. The minimum atomic E-state index is 0.652. The van der Waals surface area contributed by atoms with Gasteiger partial charge in [-0.05, 0) is 30.8 Å². The van der Waals surface area contributed by atoms with Gasteiger partial charge in [0, 0.05) is 12.7 Å². The van der Waals surface area contributed by atoms with Crippen LogP contribution in [0.15, 0.2) is 41.3 Å². The Hall–Kier alpha value is -2.47. The van der Waals surface area contributed by atoms with Crippen molar-refractivity contribution in [2.24, 2.45) is 0 Å². The Morgan fingerprint density at radius 1 is 1.15 bits per heavy atom. The van der Waals surface area contributed by atoms with E-state index in [1.165, 1.54) is 6.39 Å². The van der Waals surface area contributed by atoms with E-state index in [2.05, 4.69) is 25.6 Å². The van der Waals surface area contributed by atoms with Crippen molar-refractivity contribution in [1.29, 1.82) is 0 Å². The molecule has 0 aliphatic carbocycles. The monoisotopic (exact) mass is 269 g/mol. The summed E-state index contributed by atoms with van der Waals surface area (Å²) in [5.41, 5.74) is 2.78. The van der Waals surface area contributed by atoms with Crippen LogP contribution in [-0.4, -0.2) is 22.0 Å². The lowest BCUT2D eigenvalue weighted by atomic mass is 10.2. The average molecular weight is 269 g/mol. The molecule has 102 valence electrons. The summed E-state index contributed by atoms with van der Waals surface area (Å²) in [4.78, 5) is 12.7. The number of benzene rings is 1. The standard InChI is InChI=1S/C14H15N5O/c1-15-8-14-16-5-4-13(19-14)17-7-10-2-3-11-12(6-10)20-9-18-11/h2-6,9,15H,7-8H2,1H3,(H,16,17,19). The molecule has 0 radical (unpaired) electrons. The summed E-state index contributed by atoms with van der Waals surface area (Å²) in [6.45, 7) is 1.33. The first-order valence-corrected chi connectivity index (χ1v) is 6.37. The van der Waals surface area contributed by atoms with Crippen molar-refractivity contribution in [3.8, 4) is 0 Å². The number of oxazole rings is 1. The van der Waals surface area contributed by atoms with Crippen molar-refractivity contribution in [3.63, 3.8) is 0 Å². The Morgan fingerprint density at radius 3 is 3.00 bits per heavy atom. The van der Waals surface area contributed by atoms with Crippen molar-refractivity contribution in [3.05, 3.63) is 48.2 Å². The van der Waals surface area contributed by atoms with E-state index in [9.17, 15) is 0 Å². The third-order valence-electron chi connectivity index (χ3n) is 2.91. The molecule has 6 nitrogen and oxygen atoms in total. The van der Waals surface area contributed by atoms with Gasteiger partial charge in [-0.1, -0.05) is 6.07 Å². The van der Waals surface area contributed by atoms with Crippen molar-refractivity contribution in [2.75, 3.05) is 12.4 Å². The quantitative estimate of drug-likeness (QED) is 0.737. The van der Waals surface area contributed by atoms with E-state index in [1.54, 1.807) is 6.20 Å². The topological polar surface area (TPSA) is 75.9 Å². The van der Waals surface area contributed by atoms with Crippen molar-refractivity contribution in [1.82, 2.24) is 20.3 Å². The van der Waals surface area contributed by atoms with Gasteiger partial charge in [0.25, 0.3) is 0 Å². The first-order chi connectivity index (χ1) is 9.85. The van der Waals surface area contributed by atoms with Gasteiger partial charge in [-0.15, -0.1) is 0 Å². The van der Waals surface area contributed by atoms with Crippen LogP contribution in [0.25, 0.3) is 11.1 Å². The molecule has 0 saturated heterocycles. The molecule has 0 spiro atoms. The number of rotatable bonds is 5. The molecule has 3 aromatic rings. The van der Waals surface area contributed by atoms with E-state index in [0.717, 1.165) is 28.3 Å². The largest absolute Gasteiger partial charge is 0.443 e. The molecule has 3 rings (SSSR count). The van der Waals surface area contributed by atoms with E-state index < -0.39 is 0 Å². The van der Waals surface area contributed by atoms with Gasteiger partial charge in [-0.3, -0.25) is 0 Å². The third kappa shape index (κ3) is 2.75. The second-order valence-corrected chi connectivity index (χ2v) is 4.40. The Balaban J connectivity index is 1.70. The highest BCUT2D eigenvalue weighted by atomic mass is 16.3. The number of anilines is 1. The van der Waals surface area contributed by atoms with Gasteiger partial charge in [0.2, 0.25) is 0 Å². The van der Waals surface area contributed by atoms with E-state index in [-0.39, 0.29) is 0 Å². The average Bonchev–Trinajstić information content (AvgIpc) is 2.93. The van der Waals surface area contributed by atoms with Gasteiger partial charge >= 0.3 is 0 Å². The summed E-state index contributed by atoms with van der Waals surface area (Å²) in [5.74, 6) is 1.58. The smallest absolute Gasteiger partial charge is 0.181 e. The van der Waals surface area contributed by atoms with Gasteiger partial charge < -0.3 is 15.1 Å². The number of hydrogen-bond donors (Lipinski definition) is 2. The van der Waals surface area contributed by atoms with E-state index >= 15 is 0 Å². The molecule has 0 bridgehead atoms. The molecule has 0 aliphatic heterocycles. The molecule has 2 N–H and O–H groups in total. The van der Waals surface area contributed by atoms with Gasteiger partial charge in [-0.2, -0.15) is 0 Å². The van der Waals surface area contributed by atoms with Crippen LogP contribution >= 0.6 is 0 Å². The van der Waals surface area contributed by atoms with Crippen LogP contribution in [0.4, 0.5) is 5.82 Å². The van der Waals surface area contributed by atoms with E-state index in [0.29, 0.717) is 13.1 Å². The minimum Gasteiger partial charge on any atom is -0.443 e. The zero-order chi connectivity index (χ0) is 13.8. The predicted molar refractivity (Wildman–Crippen MR) is 76.1 cm³/mol. The molecular formula is C14H15N5O. The highest BCUT2D eigenvalue weighted by Crippen LogP contribution is 2.15. The molecule has 2 aromatic heterocycles. The van der Waals surface area contributed by atoms with E-state index in [4.69, 9.17) is 4.42 Å². The molecule has 0 aliphatic rings. The van der Waals surface area contributed by atoms with Crippen LogP contribution in [0.2, 0.25) is 0 Å². The summed E-state index contributed by atoms with van der Waals surface area (Å²) in [6, 6.07) is 7.80. The van der Waals surface area contributed by atoms with Crippen molar-refractivity contribution < 1.29 is 4.42 Å². The maximum atomic E-state index is 5.29. The number of hydrogen-bond acceptors (Lipinski definition) is 6. The van der Waals surface area contributed by atoms with Crippen molar-refractivity contribution in [2.45, 2.75) is 13.1 Å².